The molecule has 1 N–H and O–H groups in total. The Morgan fingerprint density at radius 3 is 2.46 bits per heavy atom. The largest absolute Gasteiger partial charge is 0.361 e. The van der Waals surface area contributed by atoms with E-state index in [0.29, 0.717) is 0 Å². The first-order valence-corrected chi connectivity index (χ1v) is 10.6. The second-order valence-electron chi connectivity index (χ2n) is 6.67. The Bertz CT molecular complexity index is 1120. The molecule has 1 atom stereocenters. The first-order chi connectivity index (χ1) is 13.6. The third kappa shape index (κ3) is 3.54. The minimum atomic E-state index is -0.464. The zero-order chi connectivity index (χ0) is 19.7. The third-order valence-electron chi connectivity index (χ3n) is 4.92. The van der Waals surface area contributed by atoms with Crippen molar-refractivity contribution < 1.29 is 8.78 Å². The summed E-state index contributed by atoms with van der Waals surface area (Å²) in [5, 5.41) is 1.17. The van der Waals surface area contributed by atoms with Gasteiger partial charge in [-0.05, 0) is 52.8 Å². The summed E-state index contributed by atoms with van der Waals surface area (Å²) in [5.41, 5.74) is 4.97. The van der Waals surface area contributed by atoms with E-state index in [0.717, 1.165) is 33.3 Å². The number of nitrogens with one attached hydrogen (secondary N) is 1. The van der Waals surface area contributed by atoms with Crippen molar-refractivity contribution in [1.82, 2.24) is 4.98 Å². The number of rotatable bonds is 5. The van der Waals surface area contributed by atoms with Crippen LogP contribution in [0.5, 0.6) is 0 Å². The van der Waals surface area contributed by atoms with E-state index in [1.807, 2.05) is 18.3 Å². The molecule has 4 rings (SSSR count). The summed E-state index contributed by atoms with van der Waals surface area (Å²) in [6.45, 7) is 0. The van der Waals surface area contributed by atoms with Crippen molar-refractivity contribution >= 4 is 34.3 Å². The molecule has 28 heavy (non-hydrogen) atoms. The lowest BCUT2D eigenvalue weighted by Crippen LogP contribution is -2.04. The maximum atomic E-state index is 14.2. The maximum Gasteiger partial charge on any atom is 0.142 e. The van der Waals surface area contributed by atoms with E-state index >= 15 is 0 Å². The Balaban J connectivity index is 1.93. The lowest BCUT2D eigenvalue weighted by atomic mass is 9.85. The van der Waals surface area contributed by atoms with Gasteiger partial charge in [-0.3, -0.25) is 0 Å². The molecule has 5 heteroatoms. The Morgan fingerprint density at radius 2 is 1.75 bits per heavy atom. The fraction of sp³-hybridized carbons (Fsp3) is 0.130. The van der Waals surface area contributed by atoms with Crippen LogP contribution in [0.3, 0.4) is 0 Å². The van der Waals surface area contributed by atoms with Gasteiger partial charge in [0.15, 0.2) is 0 Å². The minimum Gasteiger partial charge on any atom is -0.361 e. The SMILES string of the molecule is CSCc1cccc2c(C(c3ccc(F)cc3)c3ccc(Cl)c(F)c3)c[nH]c12. The van der Waals surface area contributed by atoms with Crippen LogP contribution >= 0.6 is 23.4 Å². The predicted molar refractivity (Wildman–Crippen MR) is 114 cm³/mol. The highest BCUT2D eigenvalue weighted by Crippen LogP contribution is 2.38. The van der Waals surface area contributed by atoms with Crippen LogP contribution in [-0.4, -0.2) is 11.2 Å². The molecule has 0 spiro atoms. The first kappa shape index (κ1) is 19.0. The summed E-state index contributed by atoms with van der Waals surface area (Å²) < 4.78 is 27.8. The van der Waals surface area contributed by atoms with Crippen LogP contribution in [0.15, 0.2) is 66.9 Å². The van der Waals surface area contributed by atoms with E-state index in [1.54, 1.807) is 30.0 Å². The normalized spacial score (nSPS) is 12.4. The molecule has 0 aliphatic rings. The fourth-order valence-electron chi connectivity index (χ4n) is 3.65. The standard InChI is InChI=1S/C23H18ClF2NS/c1-28-13-16-3-2-4-18-19(12-27-23(16)18)22(14-5-8-17(25)9-6-14)15-7-10-20(24)21(26)11-15/h2-12,22,27H,13H2,1H3. The van der Waals surface area contributed by atoms with Crippen LogP contribution in [0.1, 0.15) is 28.2 Å². The van der Waals surface area contributed by atoms with Gasteiger partial charge < -0.3 is 4.98 Å². The van der Waals surface area contributed by atoms with Gasteiger partial charge in [-0.2, -0.15) is 11.8 Å². The van der Waals surface area contributed by atoms with Crippen LogP contribution < -0.4 is 0 Å². The Kier molecular flexibility index (Phi) is 5.42. The predicted octanol–water partition coefficient (Wildman–Crippen LogP) is 7.14. The molecular formula is C23H18ClF2NS. The number of aromatic nitrogens is 1. The Morgan fingerprint density at radius 1 is 1.00 bits per heavy atom. The number of thioether (sulfide) groups is 1. The van der Waals surface area contributed by atoms with E-state index in [-0.39, 0.29) is 16.8 Å². The van der Waals surface area contributed by atoms with E-state index < -0.39 is 5.82 Å². The van der Waals surface area contributed by atoms with Crippen LogP contribution in [0.2, 0.25) is 5.02 Å². The lowest BCUT2D eigenvalue weighted by molar-refractivity contribution is 0.623. The molecule has 0 aliphatic heterocycles. The number of fused-ring (bicyclic) bond motifs is 1. The summed E-state index contributed by atoms with van der Waals surface area (Å²) >= 11 is 7.65. The summed E-state index contributed by atoms with van der Waals surface area (Å²) in [5.74, 6) is -0.112. The van der Waals surface area contributed by atoms with E-state index in [1.165, 1.54) is 23.8 Å². The molecule has 0 saturated carbocycles. The molecule has 1 unspecified atom stereocenters. The van der Waals surface area contributed by atoms with Gasteiger partial charge >= 0.3 is 0 Å². The minimum absolute atomic E-state index is 0.0859. The highest BCUT2D eigenvalue weighted by molar-refractivity contribution is 7.97. The highest BCUT2D eigenvalue weighted by atomic mass is 35.5. The van der Waals surface area contributed by atoms with Gasteiger partial charge in [0, 0.05) is 28.8 Å². The van der Waals surface area contributed by atoms with Gasteiger partial charge in [0.25, 0.3) is 0 Å². The lowest BCUT2D eigenvalue weighted by Gasteiger charge is -2.19. The van der Waals surface area contributed by atoms with Crippen molar-refractivity contribution in [3.8, 4) is 0 Å². The van der Waals surface area contributed by atoms with Crippen molar-refractivity contribution in [1.29, 1.82) is 0 Å². The summed E-state index contributed by atoms with van der Waals surface area (Å²) in [4.78, 5) is 3.39. The molecular weight excluding hydrogens is 396 g/mol. The number of benzene rings is 3. The van der Waals surface area contributed by atoms with Gasteiger partial charge in [-0.15, -0.1) is 0 Å². The quantitative estimate of drug-likeness (QED) is 0.367. The first-order valence-electron chi connectivity index (χ1n) is 8.86. The molecule has 0 fully saturated rings. The number of hydrogen-bond donors (Lipinski definition) is 1. The summed E-state index contributed by atoms with van der Waals surface area (Å²) in [6, 6.07) is 17.4. The van der Waals surface area contributed by atoms with Gasteiger partial charge in [0.2, 0.25) is 0 Å². The van der Waals surface area contributed by atoms with Gasteiger partial charge in [0.05, 0.1) is 5.02 Å². The molecule has 0 aliphatic carbocycles. The zero-order valence-corrected chi connectivity index (χ0v) is 16.7. The number of aromatic amines is 1. The second kappa shape index (κ2) is 7.98. The Labute approximate surface area is 171 Å². The topological polar surface area (TPSA) is 15.8 Å². The smallest absolute Gasteiger partial charge is 0.142 e. The van der Waals surface area contributed by atoms with Crippen LogP contribution in [-0.2, 0) is 5.75 Å². The molecule has 142 valence electrons. The number of para-hydroxylation sites is 1. The molecule has 4 aromatic rings. The highest BCUT2D eigenvalue weighted by Gasteiger charge is 2.22. The van der Waals surface area contributed by atoms with Crippen LogP contribution in [0.4, 0.5) is 8.78 Å². The van der Waals surface area contributed by atoms with E-state index in [4.69, 9.17) is 11.6 Å². The van der Waals surface area contributed by atoms with Gasteiger partial charge in [-0.1, -0.05) is 48.0 Å². The molecule has 1 aromatic heterocycles. The molecule has 1 heterocycles. The number of halogens is 3. The average molecular weight is 414 g/mol. The van der Waals surface area contributed by atoms with Crippen molar-refractivity contribution in [2.45, 2.75) is 11.7 Å². The summed E-state index contributed by atoms with van der Waals surface area (Å²) in [6.07, 6.45) is 4.04. The second-order valence-corrected chi connectivity index (χ2v) is 7.95. The molecule has 0 bridgehead atoms. The van der Waals surface area contributed by atoms with E-state index in [2.05, 4.69) is 23.4 Å². The van der Waals surface area contributed by atoms with Crippen molar-refractivity contribution in [3.63, 3.8) is 0 Å². The zero-order valence-electron chi connectivity index (χ0n) is 15.2. The van der Waals surface area contributed by atoms with Crippen LogP contribution in [0, 0.1) is 11.6 Å². The number of hydrogen-bond acceptors (Lipinski definition) is 1. The van der Waals surface area contributed by atoms with Gasteiger partial charge in [0.1, 0.15) is 11.6 Å². The van der Waals surface area contributed by atoms with Crippen molar-refractivity contribution in [3.05, 3.63) is 106 Å². The number of H-pyrrole nitrogens is 1. The third-order valence-corrected chi connectivity index (χ3v) is 5.83. The molecule has 0 amide bonds. The average Bonchev–Trinajstić information content (AvgIpc) is 3.11. The fourth-order valence-corrected chi connectivity index (χ4v) is 4.32. The van der Waals surface area contributed by atoms with Crippen LogP contribution in [0.25, 0.3) is 10.9 Å². The van der Waals surface area contributed by atoms with Gasteiger partial charge in [-0.25, -0.2) is 8.78 Å². The molecule has 3 aromatic carbocycles. The monoisotopic (exact) mass is 413 g/mol. The molecule has 0 saturated heterocycles. The molecule has 1 nitrogen and oxygen atoms in total. The maximum absolute atomic E-state index is 14.2. The summed E-state index contributed by atoms with van der Waals surface area (Å²) in [7, 11) is 0. The van der Waals surface area contributed by atoms with E-state index in [9.17, 15) is 8.78 Å². The Hall–Kier alpha value is -2.30. The van der Waals surface area contributed by atoms with Crippen molar-refractivity contribution in [2.75, 3.05) is 6.26 Å². The van der Waals surface area contributed by atoms with Crippen molar-refractivity contribution in [2.24, 2.45) is 0 Å². The molecule has 0 radical (unpaired) electrons.